The Bertz CT molecular complexity index is 971. The Kier molecular flexibility index (Phi) is 7.71. The molecule has 2 aromatic carbocycles. The Balaban J connectivity index is 0.00000280. The first-order valence-electron chi connectivity index (χ1n) is 8.68. The minimum Gasteiger partial charge on any atom is -0.427 e. The average molecular weight is 400 g/mol. The van der Waals surface area contributed by atoms with Gasteiger partial charge in [-0.2, -0.15) is 13.5 Å². The molecule has 0 radical (unpaired) electrons. The number of fused-ring (bicyclic) bond motifs is 1. The van der Waals surface area contributed by atoms with Gasteiger partial charge in [0.05, 0.1) is 5.92 Å². The van der Waals surface area contributed by atoms with Crippen LogP contribution in [0, 0.1) is 5.82 Å². The number of nitrogens with zero attached hydrogens (tertiary/aromatic N) is 1. The van der Waals surface area contributed by atoms with Crippen molar-refractivity contribution in [1.29, 1.82) is 0 Å². The molecule has 0 unspecified atom stereocenters. The maximum Gasteiger partial charge on any atom is 0.456 e. The highest BCUT2D eigenvalue weighted by Gasteiger charge is 2.22. The summed E-state index contributed by atoms with van der Waals surface area (Å²) < 4.78 is 13.9. The molecule has 5 nitrogen and oxygen atoms in total. The first kappa shape index (κ1) is 22.0. The van der Waals surface area contributed by atoms with Crippen molar-refractivity contribution in [3.05, 3.63) is 77.4 Å². The molecule has 1 heterocycles. The van der Waals surface area contributed by atoms with E-state index in [-0.39, 0.29) is 44.1 Å². The molecule has 0 amide bonds. The van der Waals surface area contributed by atoms with E-state index in [4.69, 9.17) is 15.8 Å². The topological polar surface area (TPSA) is 96.4 Å². The van der Waals surface area contributed by atoms with E-state index in [1.165, 1.54) is 18.2 Å². The van der Waals surface area contributed by atoms with Gasteiger partial charge in [0.15, 0.2) is 0 Å². The molecule has 0 saturated heterocycles. The molecule has 0 aliphatic rings. The molecule has 0 aliphatic heterocycles. The van der Waals surface area contributed by atoms with Gasteiger partial charge in [-0.1, -0.05) is 30.3 Å². The zero-order valence-electron chi connectivity index (χ0n) is 15.2. The van der Waals surface area contributed by atoms with E-state index in [0.29, 0.717) is 5.56 Å². The van der Waals surface area contributed by atoms with E-state index in [1.807, 2.05) is 24.3 Å². The van der Waals surface area contributed by atoms with Crippen LogP contribution in [-0.2, 0) is 17.5 Å². The summed E-state index contributed by atoms with van der Waals surface area (Å²) in [4.78, 5) is 16.9. The van der Waals surface area contributed by atoms with Crippen LogP contribution in [0.1, 0.15) is 22.6 Å². The molecule has 1 aromatic heterocycles. The van der Waals surface area contributed by atoms with Gasteiger partial charge < -0.3 is 15.8 Å². The molecule has 0 fully saturated rings. The lowest BCUT2D eigenvalue weighted by Gasteiger charge is -2.16. The Morgan fingerprint density at radius 2 is 1.93 bits per heavy atom. The van der Waals surface area contributed by atoms with E-state index in [1.54, 1.807) is 12.4 Å². The van der Waals surface area contributed by atoms with E-state index < -0.39 is 18.9 Å². The summed E-state index contributed by atoms with van der Waals surface area (Å²) in [5.41, 5.74) is 7.40. The Morgan fingerprint density at radius 3 is 2.64 bits per heavy atom. The number of hydrogen-bond acceptors (Lipinski definition) is 5. The summed E-state index contributed by atoms with van der Waals surface area (Å²) in [7, 11) is -1.66. The van der Waals surface area contributed by atoms with Crippen molar-refractivity contribution < 1.29 is 19.2 Å². The zero-order valence-corrected chi connectivity index (χ0v) is 16.2. The number of rotatable bonds is 7. The van der Waals surface area contributed by atoms with Crippen molar-refractivity contribution in [1.82, 2.24) is 4.98 Å². The fourth-order valence-corrected chi connectivity index (χ4v) is 3.19. The second-order valence-electron chi connectivity index (χ2n) is 6.52. The SMILES string of the molecule is NC[C@@H](C(=O)Cc1ccc2cnccc2c1)c1ccc(F)c(CB(O)O)c1.S. The van der Waals surface area contributed by atoms with E-state index in [0.717, 1.165) is 16.3 Å². The van der Waals surface area contributed by atoms with E-state index >= 15 is 0 Å². The predicted octanol–water partition coefficient (Wildman–Crippen LogP) is 1.90. The molecular weight excluding hydrogens is 378 g/mol. The Labute approximate surface area is 170 Å². The number of aromatic nitrogens is 1. The number of nitrogens with two attached hydrogens (primary N) is 1. The lowest BCUT2D eigenvalue weighted by Crippen LogP contribution is -2.24. The van der Waals surface area contributed by atoms with Gasteiger partial charge in [0.25, 0.3) is 0 Å². The summed E-state index contributed by atoms with van der Waals surface area (Å²) in [5, 5.41) is 20.2. The molecule has 0 bridgehead atoms. The van der Waals surface area contributed by atoms with Crippen LogP contribution in [0.3, 0.4) is 0 Å². The van der Waals surface area contributed by atoms with Gasteiger partial charge in [-0.05, 0) is 34.2 Å². The van der Waals surface area contributed by atoms with Gasteiger partial charge in [0, 0.05) is 37.1 Å². The van der Waals surface area contributed by atoms with Crippen molar-refractivity contribution in [3.8, 4) is 0 Å². The highest BCUT2D eigenvalue weighted by Crippen LogP contribution is 2.23. The molecule has 28 heavy (non-hydrogen) atoms. The molecule has 3 aromatic rings. The number of hydrogen-bond donors (Lipinski definition) is 3. The monoisotopic (exact) mass is 400 g/mol. The minimum atomic E-state index is -1.66. The lowest BCUT2D eigenvalue weighted by molar-refractivity contribution is -0.119. The molecule has 146 valence electrons. The van der Waals surface area contributed by atoms with Crippen LogP contribution in [0.2, 0.25) is 0 Å². The largest absolute Gasteiger partial charge is 0.456 e. The molecule has 0 spiro atoms. The minimum absolute atomic E-state index is 0. The highest BCUT2D eigenvalue weighted by molar-refractivity contribution is 7.59. The number of pyridine rings is 1. The third-order valence-corrected chi connectivity index (χ3v) is 4.58. The summed E-state index contributed by atoms with van der Waals surface area (Å²) in [6.45, 7) is 0.0864. The smallest absolute Gasteiger partial charge is 0.427 e. The quantitative estimate of drug-likeness (QED) is 0.527. The van der Waals surface area contributed by atoms with Crippen molar-refractivity contribution >= 4 is 37.2 Å². The number of ketones is 1. The number of carbonyl (C=O) groups is 1. The highest BCUT2D eigenvalue weighted by atomic mass is 32.1. The number of carbonyl (C=O) groups excluding carboxylic acids is 1. The average Bonchev–Trinajstić information content (AvgIpc) is 2.64. The van der Waals surface area contributed by atoms with Crippen LogP contribution in [-0.4, -0.2) is 34.5 Å². The number of Topliss-reactive ketones (excluding diaryl/α,β-unsaturated/α-hetero) is 1. The van der Waals surface area contributed by atoms with Crippen LogP contribution in [0.15, 0.2) is 54.9 Å². The summed E-state index contributed by atoms with van der Waals surface area (Å²) in [6, 6.07) is 11.9. The van der Waals surface area contributed by atoms with E-state index in [9.17, 15) is 9.18 Å². The fraction of sp³-hybridized carbons (Fsp3) is 0.200. The van der Waals surface area contributed by atoms with Crippen LogP contribution in [0.25, 0.3) is 10.8 Å². The molecule has 0 saturated carbocycles. The standard InChI is InChI=1S/C20H20BFN2O3.H2S/c22-19-4-3-15(9-17(19)10-21(26)27)18(11-23)20(25)8-13-1-2-16-12-24-6-5-14(16)7-13;/h1-7,9,12,18,26-27H,8,10-11,23H2;1H2/t18-;/m1./s1. The summed E-state index contributed by atoms with van der Waals surface area (Å²) >= 11 is 0. The van der Waals surface area contributed by atoms with E-state index in [2.05, 4.69) is 4.98 Å². The molecule has 1 atom stereocenters. The first-order valence-corrected chi connectivity index (χ1v) is 8.68. The van der Waals surface area contributed by atoms with Gasteiger partial charge in [-0.3, -0.25) is 9.78 Å². The first-order chi connectivity index (χ1) is 13.0. The van der Waals surface area contributed by atoms with Crippen LogP contribution in [0.5, 0.6) is 0 Å². The van der Waals surface area contributed by atoms with Crippen LogP contribution >= 0.6 is 13.5 Å². The lowest BCUT2D eigenvalue weighted by atomic mass is 9.80. The second kappa shape index (κ2) is 9.79. The van der Waals surface area contributed by atoms with Gasteiger partial charge in [-0.25, -0.2) is 4.39 Å². The van der Waals surface area contributed by atoms with Crippen LogP contribution in [0.4, 0.5) is 4.39 Å². The number of benzene rings is 2. The normalized spacial score (nSPS) is 11.7. The molecule has 8 heteroatoms. The van der Waals surface area contributed by atoms with Gasteiger partial charge in [0.2, 0.25) is 0 Å². The summed E-state index contributed by atoms with van der Waals surface area (Å²) in [6.07, 6.45) is 3.42. The Hall–Kier alpha value is -2.26. The fourth-order valence-electron chi connectivity index (χ4n) is 3.19. The second-order valence-corrected chi connectivity index (χ2v) is 6.52. The summed E-state index contributed by atoms with van der Waals surface area (Å²) in [5.74, 6) is -1.21. The predicted molar refractivity (Wildman–Crippen MR) is 113 cm³/mol. The maximum absolute atomic E-state index is 13.9. The molecular formula is C20H22BFN2O3S. The van der Waals surface area contributed by atoms with Gasteiger partial charge >= 0.3 is 7.12 Å². The number of halogens is 1. The molecule has 3 rings (SSSR count). The maximum atomic E-state index is 13.9. The molecule has 4 N–H and O–H groups in total. The van der Waals surface area contributed by atoms with Gasteiger partial charge in [-0.15, -0.1) is 0 Å². The third-order valence-electron chi connectivity index (χ3n) is 4.58. The van der Waals surface area contributed by atoms with Crippen LogP contribution < -0.4 is 5.73 Å². The third kappa shape index (κ3) is 5.17. The molecule has 0 aliphatic carbocycles. The van der Waals surface area contributed by atoms with Crippen molar-refractivity contribution in [2.24, 2.45) is 5.73 Å². The Morgan fingerprint density at radius 1 is 1.14 bits per heavy atom. The zero-order chi connectivity index (χ0) is 19.4. The van der Waals surface area contributed by atoms with Crippen molar-refractivity contribution in [2.75, 3.05) is 6.54 Å². The van der Waals surface area contributed by atoms with Crippen molar-refractivity contribution in [3.63, 3.8) is 0 Å². The van der Waals surface area contributed by atoms with Crippen molar-refractivity contribution in [2.45, 2.75) is 18.7 Å². The van der Waals surface area contributed by atoms with Gasteiger partial charge in [0.1, 0.15) is 11.6 Å².